The number of carbonyl (C=O) groups is 1. The van der Waals surface area contributed by atoms with Crippen LogP contribution in [-0.2, 0) is 6.42 Å². The lowest BCUT2D eigenvalue weighted by Crippen LogP contribution is -2.35. The highest BCUT2D eigenvalue weighted by molar-refractivity contribution is 5.93. The van der Waals surface area contributed by atoms with Gasteiger partial charge in [0.05, 0.1) is 6.04 Å². The summed E-state index contributed by atoms with van der Waals surface area (Å²) < 4.78 is 42.2. The van der Waals surface area contributed by atoms with E-state index in [0.717, 1.165) is 21.4 Å². The summed E-state index contributed by atoms with van der Waals surface area (Å²) in [6.45, 7) is 2.29. The van der Waals surface area contributed by atoms with Gasteiger partial charge < -0.3 is 10.6 Å². The summed E-state index contributed by atoms with van der Waals surface area (Å²) in [5.74, 6) is -0.306. The fourth-order valence-electron chi connectivity index (χ4n) is 3.76. The number of alkyl halides is 3. The Kier molecular flexibility index (Phi) is 5.71. The van der Waals surface area contributed by atoms with Gasteiger partial charge in [0.25, 0.3) is 5.91 Å². The van der Waals surface area contributed by atoms with Gasteiger partial charge >= 0.3 is 6.18 Å². The highest BCUT2D eigenvalue weighted by Gasteiger charge is 2.46. The van der Waals surface area contributed by atoms with Crippen LogP contribution in [0.1, 0.15) is 45.7 Å². The number of amides is 1. The Morgan fingerprint density at radius 1 is 1.16 bits per heavy atom. The number of hydrogen-bond donors (Lipinski definition) is 2. The molecule has 0 radical (unpaired) electrons. The molecule has 0 spiro atoms. The number of halogens is 3. The Bertz CT molecular complexity index is 1040. The van der Waals surface area contributed by atoms with Crippen molar-refractivity contribution in [3.63, 3.8) is 0 Å². The lowest BCUT2D eigenvalue weighted by Gasteiger charge is -2.33. The maximum Gasteiger partial charge on any atom is 0.410 e. The first-order valence-corrected chi connectivity index (χ1v) is 10.1. The van der Waals surface area contributed by atoms with Crippen molar-refractivity contribution in [1.29, 1.82) is 0 Å². The molecule has 162 valence electrons. The molecule has 3 aromatic rings. The van der Waals surface area contributed by atoms with Crippen molar-refractivity contribution in [2.24, 2.45) is 0 Å². The maximum absolute atomic E-state index is 13.8. The van der Waals surface area contributed by atoms with Gasteiger partial charge in [-0.1, -0.05) is 60.2 Å². The van der Waals surface area contributed by atoms with Crippen LogP contribution in [0.15, 0.2) is 60.7 Å². The van der Waals surface area contributed by atoms with Gasteiger partial charge in [-0.25, -0.2) is 4.68 Å². The lowest BCUT2D eigenvalue weighted by atomic mass is 9.96. The number of carbonyl (C=O) groups excluding carboxylic acids is 1. The first-order valence-electron chi connectivity index (χ1n) is 10.1. The Hall–Kier alpha value is -3.29. The van der Waals surface area contributed by atoms with E-state index in [1.807, 2.05) is 61.5 Å². The molecule has 0 saturated heterocycles. The van der Waals surface area contributed by atoms with Crippen molar-refractivity contribution in [2.45, 2.75) is 38.0 Å². The van der Waals surface area contributed by atoms with Gasteiger partial charge in [0.2, 0.25) is 0 Å². The summed E-state index contributed by atoms with van der Waals surface area (Å²) >= 11 is 0. The molecule has 4 rings (SSSR count). The molecule has 0 fully saturated rings. The number of nitrogens with zero attached hydrogens (tertiary/aromatic N) is 2. The molecule has 1 aromatic heterocycles. The summed E-state index contributed by atoms with van der Waals surface area (Å²) in [5.41, 5.74) is 2.83. The molecule has 2 aromatic carbocycles. The highest BCUT2D eigenvalue weighted by atomic mass is 19.4. The fraction of sp³-hybridized carbons (Fsp3) is 0.304. The van der Waals surface area contributed by atoms with Gasteiger partial charge in [0, 0.05) is 19.0 Å². The van der Waals surface area contributed by atoms with Gasteiger partial charge in [0.1, 0.15) is 5.82 Å². The number of aromatic nitrogens is 2. The lowest BCUT2D eigenvalue weighted by molar-refractivity contribution is -0.173. The van der Waals surface area contributed by atoms with Crippen LogP contribution < -0.4 is 10.6 Å². The molecule has 0 bridgehead atoms. The highest BCUT2D eigenvalue weighted by Crippen LogP contribution is 2.43. The quantitative estimate of drug-likeness (QED) is 0.612. The number of hydrogen-bond acceptors (Lipinski definition) is 3. The number of rotatable bonds is 5. The summed E-state index contributed by atoms with van der Waals surface area (Å²) in [6, 6.07) is 16.1. The smallest absolute Gasteiger partial charge is 0.363 e. The largest absolute Gasteiger partial charge is 0.410 e. The Balaban J connectivity index is 1.52. The van der Waals surface area contributed by atoms with E-state index in [1.165, 1.54) is 6.07 Å². The molecule has 1 aliphatic rings. The Morgan fingerprint density at radius 2 is 1.87 bits per heavy atom. The van der Waals surface area contributed by atoms with Crippen LogP contribution in [0.3, 0.4) is 0 Å². The zero-order valence-corrected chi connectivity index (χ0v) is 17.0. The molecule has 31 heavy (non-hydrogen) atoms. The van der Waals surface area contributed by atoms with E-state index < -0.39 is 24.2 Å². The van der Waals surface area contributed by atoms with E-state index in [2.05, 4.69) is 15.7 Å². The van der Waals surface area contributed by atoms with E-state index in [4.69, 9.17) is 0 Å². The summed E-state index contributed by atoms with van der Waals surface area (Å²) in [5, 5.41) is 9.84. The van der Waals surface area contributed by atoms with Crippen molar-refractivity contribution < 1.29 is 18.0 Å². The molecule has 0 aliphatic carbocycles. The Morgan fingerprint density at radius 3 is 2.55 bits per heavy atom. The SMILES string of the molecule is Cc1ccc([C@@H]2C[C@@H](C(F)(F)F)n3nc(C(=O)NCCc4ccccc4)cc3N2)cc1. The maximum atomic E-state index is 13.8. The van der Waals surface area contributed by atoms with Crippen LogP contribution in [0.2, 0.25) is 0 Å². The third kappa shape index (κ3) is 4.73. The average Bonchev–Trinajstić information content (AvgIpc) is 3.18. The predicted molar refractivity (Wildman–Crippen MR) is 112 cm³/mol. The number of fused-ring (bicyclic) bond motifs is 1. The van der Waals surface area contributed by atoms with Gasteiger partial charge in [-0.15, -0.1) is 0 Å². The minimum Gasteiger partial charge on any atom is -0.363 e. The van der Waals surface area contributed by atoms with E-state index >= 15 is 0 Å². The van der Waals surface area contributed by atoms with Crippen LogP contribution in [0, 0.1) is 6.92 Å². The summed E-state index contributed by atoms with van der Waals surface area (Å²) in [7, 11) is 0. The third-order valence-electron chi connectivity index (χ3n) is 5.44. The molecule has 2 atom stereocenters. The Labute approximate surface area is 178 Å². The minimum absolute atomic E-state index is 0.0330. The minimum atomic E-state index is -4.48. The van der Waals surface area contributed by atoms with E-state index in [1.54, 1.807) is 0 Å². The van der Waals surface area contributed by atoms with Crippen molar-refractivity contribution in [3.8, 4) is 0 Å². The number of anilines is 1. The van der Waals surface area contributed by atoms with Crippen LogP contribution in [-0.4, -0.2) is 28.4 Å². The standard InChI is InChI=1S/C23H23F3N4O/c1-15-7-9-17(10-8-15)18-13-20(23(24,25)26)30-21(28-18)14-19(29-30)22(31)27-12-11-16-5-3-2-4-6-16/h2-10,14,18,20,28H,11-13H2,1H3,(H,27,31)/t18-,20-/m0/s1. The van der Waals surface area contributed by atoms with Crippen LogP contribution >= 0.6 is 0 Å². The van der Waals surface area contributed by atoms with Crippen LogP contribution in [0.25, 0.3) is 0 Å². The fourth-order valence-corrected chi connectivity index (χ4v) is 3.76. The first-order chi connectivity index (χ1) is 14.8. The zero-order chi connectivity index (χ0) is 22.0. The molecular formula is C23H23F3N4O. The second-order valence-corrected chi connectivity index (χ2v) is 7.75. The van der Waals surface area contributed by atoms with Gasteiger partial charge in [0.15, 0.2) is 11.7 Å². The molecule has 8 heteroatoms. The second kappa shape index (κ2) is 8.45. The van der Waals surface area contributed by atoms with Crippen molar-refractivity contribution >= 4 is 11.7 Å². The van der Waals surface area contributed by atoms with Gasteiger partial charge in [-0.2, -0.15) is 18.3 Å². The van der Waals surface area contributed by atoms with Crippen LogP contribution in [0.4, 0.5) is 19.0 Å². The van der Waals surface area contributed by atoms with Crippen molar-refractivity contribution in [2.75, 3.05) is 11.9 Å². The third-order valence-corrected chi connectivity index (χ3v) is 5.44. The van der Waals surface area contributed by atoms with E-state index in [-0.39, 0.29) is 17.9 Å². The molecule has 2 heterocycles. The first kappa shape index (κ1) is 21.0. The number of aryl methyl sites for hydroxylation is 1. The van der Waals surface area contributed by atoms with Crippen molar-refractivity contribution in [1.82, 2.24) is 15.1 Å². The average molecular weight is 428 g/mol. The molecule has 1 amide bonds. The summed E-state index contributed by atoms with van der Waals surface area (Å²) in [4.78, 5) is 12.5. The normalized spacial score (nSPS) is 18.2. The van der Waals surface area contributed by atoms with Gasteiger partial charge in [-0.05, 0) is 24.5 Å². The van der Waals surface area contributed by atoms with Crippen molar-refractivity contribution in [3.05, 3.63) is 83.0 Å². The molecule has 1 aliphatic heterocycles. The second-order valence-electron chi connectivity index (χ2n) is 7.75. The zero-order valence-electron chi connectivity index (χ0n) is 17.0. The summed E-state index contributed by atoms with van der Waals surface area (Å²) in [6.07, 6.45) is -4.05. The van der Waals surface area contributed by atoms with Crippen LogP contribution in [0.5, 0.6) is 0 Å². The predicted octanol–water partition coefficient (Wildman–Crippen LogP) is 4.82. The molecule has 2 N–H and O–H groups in total. The monoisotopic (exact) mass is 428 g/mol. The molecular weight excluding hydrogens is 405 g/mol. The molecule has 5 nitrogen and oxygen atoms in total. The van der Waals surface area contributed by atoms with Gasteiger partial charge in [-0.3, -0.25) is 4.79 Å². The number of benzene rings is 2. The van der Waals surface area contributed by atoms with E-state index in [9.17, 15) is 18.0 Å². The molecule has 0 saturated carbocycles. The molecule has 0 unspecified atom stereocenters. The number of nitrogens with one attached hydrogen (secondary N) is 2. The van der Waals surface area contributed by atoms with E-state index in [0.29, 0.717) is 13.0 Å². The topological polar surface area (TPSA) is 59.0 Å².